The first kappa shape index (κ1) is 21.4. The molecule has 0 heterocycles. The summed E-state index contributed by atoms with van der Waals surface area (Å²) in [5.74, 6) is 0. The van der Waals surface area contributed by atoms with E-state index in [9.17, 15) is 5.11 Å². The molecule has 0 saturated carbocycles. The van der Waals surface area contributed by atoms with Crippen molar-refractivity contribution in [3.63, 3.8) is 0 Å². The van der Waals surface area contributed by atoms with Crippen molar-refractivity contribution in [2.24, 2.45) is 0 Å². The van der Waals surface area contributed by atoms with E-state index in [2.05, 4.69) is 24.3 Å². The van der Waals surface area contributed by atoms with Gasteiger partial charge in [-0.15, -0.1) is 0 Å². The number of hydrogen-bond donors (Lipinski definition) is 1. The summed E-state index contributed by atoms with van der Waals surface area (Å²) >= 11 is 0. The highest BCUT2D eigenvalue weighted by Crippen LogP contribution is 2.08. The van der Waals surface area contributed by atoms with Crippen LogP contribution in [0.4, 0.5) is 0 Å². The maximum absolute atomic E-state index is 10.0. The number of aliphatic hydroxyl groups is 1. The Balaban J connectivity index is 1.39. The average Bonchev–Trinajstić information content (AvgIpc) is 2.71. The molecule has 27 heavy (non-hydrogen) atoms. The molecule has 146 valence electrons. The van der Waals surface area contributed by atoms with Crippen molar-refractivity contribution in [2.75, 3.05) is 13.2 Å². The van der Waals surface area contributed by atoms with Gasteiger partial charge in [0.15, 0.2) is 0 Å². The lowest BCUT2D eigenvalue weighted by Crippen LogP contribution is -2.05. The SMILES string of the molecule is O[C@H](C/C=C/COCc1ccccc1)CCCCCOCc1ccccc1. The lowest BCUT2D eigenvalue weighted by Gasteiger charge is -2.08. The smallest absolute Gasteiger partial charge is 0.0721 e. The molecule has 0 radical (unpaired) electrons. The number of benzene rings is 2. The van der Waals surface area contributed by atoms with Crippen molar-refractivity contribution in [1.29, 1.82) is 0 Å². The van der Waals surface area contributed by atoms with Gasteiger partial charge in [0.2, 0.25) is 0 Å². The first-order valence-electron chi connectivity index (χ1n) is 9.91. The van der Waals surface area contributed by atoms with Gasteiger partial charge in [0.25, 0.3) is 0 Å². The highest BCUT2D eigenvalue weighted by molar-refractivity contribution is 5.14. The summed E-state index contributed by atoms with van der Waals surface area (Å²) in [7, 11) is 0. The fraction of sp³-hybridized carbons (Fsp3) is 0.417. The van der Waals surface area contributed by atoms with Gasteiger partial charge >= 0.3 is 0 Å². The number of unbranched alkanes of at least 4 members (excludes halogenated alkanes) is 2. The second-order valence-electron chi connectivity index (χ2n) is 6.75. The Morgan fingerprint density at radius 1 is 0.741 bits per heavy atom. The second-order valence-corrected chi connectivity index (χ2v) is 6.75. The van der Waals surface area contributed by atoms with Crippen LogP contribution in [-0.4, -0.2) is 24.4 Å². The van der Waals surface area contributed by atoms with Crippen LogP contribution in [-0.2, 0) is 22.7 Å². The summed E-state index contributed by atoms with van der Waals surface area (Å²) in [6.45, 7) is 2.67. The molecule has 1 N–H and O–H groups in total. The summed E-state index contributed by atoms with van der Waals surface area (Å²) in [6.07, 6.45) is 8.45. The molecule has 0 unspecified atom stereocenters. The quantitative estimate of drug-likeness (QED) is 0.364. The molecule has 0 fully saturated rings. The van der Waals surface area contributed by atoms with Gasteiger partial charge in [-0.3, -0.25) is 0 Å². The standard InChI is InChI=1S/C24H32O3/c25-24(17-9-11-19-27-21-23-14-6-2-7-15-23)16-8-3-10-18-26-20-22-12-4-1-5-13-22/h1-2,4-7,9,11-15,24-25H,3,8,10,16-21H2/b11-9+/t24-/m0/s1. The molecule has 1 atom stereocenters. The van der Waals surface area contributed by atoms with E-state index in [0.717, 1.165) is 32.3 Å². The number of aliphatic hydroxyl groups excluding tert-OH is 1. The molecular weight excluding hydrogens is 336 g/mol. The summed E-state index contributed by atoms with van der Waals surface area (Å²) in [6, 6.07) is 20.4. The zero-order valence-electron chi connectivity index (χ0n) is 16.1. The molecule has 3 heteroatoms. The van der Waals surface area contributed by atoms with Crippen molar-refractivity contribution in [3.8, 4) is 0 Å². The Hall–Kier alpha value is -1.94. The Kier molecular flexibility index (Phi) is 11.2. The lowest BCUT2D eigenvalue weighted by molar-refractivity contribution is 0.114. The molecule has 3 nitrogen and oxygen atoms in total. The van der Waals surface area contributed by atoms with Crippen LogP contribution in [0.5, 0.6) is 0 Å². The molecule has 0 saturated heterocycles. The van der Waals surface area contributed by atoms with Gasteiger partial charge in [-0.2, -0.15) is 0 Å². The molecule has 0 amide bonds. The summed E-state index contributed by atoms with van der Waals surface area (Å²) in [4.78, 5) is 0. The fourth-order valence-corrected chi connectivity index (χ4v) is 2.78. The van der Waals surface area contributed by atoms with Gasteiger partial charge in [0.1, 0.15) is 0 Å². The molecule has 2 rings (SSSR count). The molecule has 0 aliphatic heterocycles. The van der Waals surface area contributed by atoms with Gasteiger partial charge in [0, 0.05) is 6.61 Å². The predicted octanol–water partition coefficient (Wildman–Crippen LogP) is 5.29. The second kappa shape index (κ2) is 14.2. The maximum atomic E-state index is 10.0. The van der Waals surface area contributed by atoms with Crippen LogP contribution >= 0.6 is 0 Å². The summed E-state index contributed by atoms with van der Waals surface area (Å²) in [5.41, 5.74) is 2.39. The van der Waals surface area contributed by atoms with E-state index in [1.54, 1.807) is 0 Å². The molecule has 0 bridgehead atoms. The van der Waals surface area contributed by atoms with Crippen molar-refractivity contribution >= 4 is 0 Å². The van der Waals surface area contributed by atoms with Gasteiger partial charge in [0.05, 0.1) is 25.9 Å². The van der Waals surface area contributed by atoms with Crippen molar-refractivity contribution in [2.45, 2.75) is 51.4 Å². The fourth-order valence-electron chi connectivity index (χ4n) is 2.78. The van der Waals surface area contributed by atoms with Gasteiger partial charge in [-0.05, 0) is 30.4 Å². The number of ether oxygens (including phenoxy) is 2. The van der Waals surface area contributed by atoms with Crippen molar-refractivity contribution < 1.29 is 14.6 Å². The van der Waals surface area contributed by atoms with Crippen LogP contribution in [0.1, 0.15) is 43.2 Å². The minimum atomic E-state index is -0.263. The minimum Gasteiger partial charge on any atom is -0.393 e. The van der Waals surface area contributed by atoms with Crippen LogP contribution in [0.15, 0.2) is 72.8 Å². The Bertz CT molecular complexity index is 610. The number of rotatable bonds is 14. The van der Waals surface area contributed by atoms with Crippen molar-refractivity contribution in [3.05, 3.63) is 83.9 Å². The van der Waals surface area contributed by atoms with Crippen LogP contribution in [0.3, 0.4) is 0 Å². The molecule has 0 aromatic heterocycles. The molecular formula is C24H32O3. The van der Waals surface area contributed by atoms with E-state index in [1.165, 1.54) is 11.1 Å². The number of hydrogen-bond acceptors (Lipinski definition) is 3. The molecule has 0 spiro atoms. The third kappa shape index (κ3) is 10.7. The van der Waals surface area contributed by atoms with E-state index in [-0.39, 0.29) is 6.10 Å². The zero-order chi connectivity index (χ0) is 19.0. The first-order chi connectivity index (χ1) is 13.3. The van der Waals surface area contributed by atoms with E-state index in [4.69, 9.17) is 9.47 Å². The van der Waals surface area contributed by atoms with Gasteiger partial charge in [-0.25, -0.2) is 0 Å². The normalized spacial score (nSPS) is 12.5. The molecule has 0 aliphatic carbocycles. The maximum Gasteiger partial charge on any atom is 0.0721 e. The highest BCUT2D eigenvalue weighted by Gasteiger charge is 2.01. The molecule has 2 aromatic carbocycles. The monoisotopic (exact) mass is 368 g/mol. The van der Waals surface area contributed by atoms with Crippen LogP contribution in [0.2, 0.25) is 0 Å². The van der Waals surface area contributed by atoms with Crippen LogP contribution < -0.4 is 0 Å². The summed E-state index contributed by atoms with van der Waals surface area (Å²) in [5, 5.41) is 10.0. The molecule has 2 aromatic rings. The van der Waals surface area contributed by atoms with E-state index < -0.39 is 0 Å². The van der Waals surface area contributed by atoms with Gasteiger partial charge < -0.3 is 14.6 Å². The van der Waals surface area contributed by atoms with Crippen molar-refractivity contribution in [1.82, 2.24) is 0 Å². The Morgan fingerprint density at radius 3 is 2.04 bits per heavy atom. The lowest BCUT2D eigenvalue weighted by atomic mass is 10.1. The largest absolute Gasteiger partial charge is 0.393 e. The highest BCUT2D eigenvalue weighted by atomic mass is 16.5. The van der Waals surface area contributed by atoms with Crippen LogP contribution in [0.25, 0.3) is 0 Å². The van der Waals surface area contributed by atoms with E-state index in [1.807, 2.05) is 48.6 Å². The third-order valence-electron chi connectivity index (χ3n) is 4.34. The Morgan fingerprint density at radius 2 is 1.37 bits per heavy atom. The first-order valence-corrected chi connectivity index (χ1v) is 9.91. The van der Waals surface area contributed by atoms with E-state index in [0.29, 0.717) is 26.2 Å². The zero-order valence-corrected chi connectivity index (χ0v) is 16.1. The Labute approximate surface area is 163 Å². The topological polar surface area (TPSA) is 38.7 Å². The third-order valence-corrected chi connectivity index (χ3v) is 4.34. The minimum absolute atomic E-state index is 0.263. The average molecular weight is 369 g/mol. The molecule has 0 aliphatic rings. The van der Waals surface area contributed by atoms with Crippen LogP contribution in [0, 0.1) is 0 Å². The van der Waals surface area contributed by atoms with Gasteiger partial charge in [-0.1, -0.05) is 85.7 Å². The van der Waals surface area contributed by atoms with E-state index >= 15 is 0 Å². The predicted molar refractivity (Wildman–Crippen MR) is 110 cm³/mol. The summed E-state index contributed by atoms with van der Waals surface area (Å²) < 4.78 is 11.3.